The Morgan fingerprint density at radius 2 is 1.69 bits per heavy atom. The molecule has 2 aromatic rings. The molecular weight excluding hydrogens is 446 g/mol. The lowest BCUT2D eigenvalue weighted by molar-refractivity contribution is -0.121. The smallest absolute Gasteiger partial charge is 0.265 e. The van der Waals surface area contributed by atoms with Crippen LogP contribution in [0.4, 0.5) is 0 Å². The largest absolute Gasteiger partial charge is 0.491 e. The van der Waals surface area contributed by atoms with E-state index in [-0.39, 0.29) is 5.91 Å². The molecule has 0 aliphatic carbocycles. The van der Waals surface area contributed by atoms with Crippen LogP contribution in [0, 0.1) is 6.92 Å². The van der Waals surface area contributed by atoms with E-state index in [1.165, 1.54) is 22.2 Å². The Labute approximate surface area is 198 Å². The fourth-order valence-electron chi connectivity index (χ4n) is 2.86. The van der Waals surface area contributed by atoms with E-state index >= 15 is 0 Å². The lowest BCUT2D eigenvalue weighted by Crippen LogP contribution is -2.22. The van der Waals surface area contributed by atoms with Gasteiger partial charge < -0.3 is 18.9 Å². The van der Waals surface area contributed by atoms with Crippen LogP contribution >= 0.6 is 24.0 Å². The molecule has 3 rings (SSSR count). The Hall–Kier alpha value is -2.55. The molecule has 32 heavy (non-hydrogen) atoms. The molecular formula is C24H27NO5S2. The van der Waals surface area contributed by atoms with Crippen molar-refractivity contribution in [2.75, 3.05) is 40.1 Å². The first-order valence-electron chi connectivity index (χ1n) is 10.4. The third-order valence-electron chi connectivity index (χ3n) is 4.55. The van der Waals surface area contributed by atoms with Gasteiger partial charge in [-0.15, -0.1) is 0 Å². The maximum atomic E-state index is 12.2. The molecule has 0 atom stereocenters. The van der Waals surface area contributed by atoms with Crippen LogP contribution in [0.1, 0.15) is 18.1 Å². The topological polar surface area (TPSA) is 57.2 Å². The van der Waals surface area contributed by atoms with Gasteiger partial charge in [0.05, 0.1) is 24.7 Å². The Balaban J connectivity index is 1.47. The van der Waals surface area contributed by atoms with E-state index in [4.69, 9.17) is 31.2 Å². The van der Waals surface area contributed by atoms with Gasteiger partial charge in [-0.05, 0) is 49.8 Å². The highest BCUT2D eigenvalue weighted by molar-refractivity contribution is 8.26. The summed E-state index contributed by atoms with van der Waals surface area (Å²) < 4.78 is 23.3. The van der Waals surface area contributed by atoms with E-state index in [0.29, 0.717) is 53.8 Å². The van der Waals surface area contributed by atoms with Crippen molar-refractivity contribution >= 4 is 40.3 Å². The number of rotatable bonds is 11. The van der Waals surface area contributed by atoms with Crippen molar-refractivity contribution in [1.82, 2.24) is 4.90 Å². The number of likely N-dealkylation sites (N-methyl/N-ethyl adjacent to an activating group) is 1. The SMILES string of the molecule is CCOc1cc(/C=C2/SC(=S)N(C)C2=O)ccc1OCCOCCOc1ccc(C)cc1. The highest BCUT2D eigenvalue weighted by Gasteiger charge is 2.28. The number of aryl methyl sites for hydroxylation is 1. The summed E-state index contributed by atoms with van der Waals surface area (Å²) in [7, 11) is 1.68. The molecule has 0 bridgehead atoms. The predicted molar refractivity (Wildman–Crippen MR) is 132 cm³/mol. The number of nitrogens with zero attached hydrogens (tertiary/aromatic N) is 1. The number of hydrogen-bond acceptors (Lipinski definition) is 7. The highest BCUT2D eigenvalue weighted by Crippen LogP contribution is 2.34. The van der Waals surface area contributed by atoms with E-state index in [9.17, 15) is 4.79 Å². The number of hydrogen-bond donors (Lipinski definition) is 0. The Kier molecular flexibility index (Phi) is 8.96. The number of carbonyl (C=O) groups is 1. The predicted octanol–water partition coefficient (Wildman–Crippen LogP) is 4.70. The minimum atomic E-state index is -0.0956. The van der Waals surface area contributed by atoms with E-state index in [2.05, 4.69) is 0 Å². The molecule has 1 heterocycles. The van der Waals surface area contributed by atoms with Crippen LogP contribution in [0.2, 0.25) is 0 Å². The number of benzene rings is 2. The molecule has 1 aliphatic heterocycles. The van der Waals surface area contributed by atoms with Gasteiger partial charge in [0.15, 0.2) is 11.5 Å². The second-order valence-electron chi connectivity index (χ2n) is 7.00. The summed E-state index contributed by atoms with van der Waals surface area (Å²) in [6.45, 7) is 6.23. The molecule has 1 saturated heterocycles. The van der Waals surface area contributed by atoms with Crippen molar-refractivity contribution in [2.45, 2.75) is 13.8 Å². The minimum absolute atomic E-state index is 0.0956. The molecule has 1 amide bonds. The molecule has 0 saturated carbocycles. The van der Waals surface area contributed by atoms with Crippen molar-refractivity contribution in [2.24, 2.45) is 0 Å². The van der Waals surface area contributed by atoms with Gasteiger partial charge in [-0.3, -0.25) is 9.69 Å². The Morgan fingerprint density at radius 3 is 2.34 bits per heavy atom. The lowest BCUT2D eigenvalue weighted by Gasteiger charge is -2.13. The molecule has 6 nitrogen and oxygen atoms in total. The molecule has 0 N–H and O–H groups in total. The van der Waals surface area contributed by atoms with Crippen LogP contribution in [0.15, 0.2) is 47.4 Å². The lowest BCUT2D eigenvalue weighted by atomic mass is 10.2. The highest BCUT2D eigenvalue weighted by atomic mass is 32.2. The van der Waals surface area contributed by atoms with Crippen molar-refractivity contribution in [3.63, 3.8) is 0 Å². The summed E-state index contributed by atoms with van der Waals surface area (Å²) in [5.41, 5.74) is 2.05. The van der Waals surface area contributed by atoms with Crippen LogP contribution in [-0.2, 0) is 9.53 Å². The van der Waals surface area contributed by atoms with Gasteiger partial charge in [0.2, 0.25) is 0 Å². The van der Waals surface area contributed by atoms with Gasteiger partial charge in [0.1, 0.15) is 23.3 Å². The minimum Gasteiger partial charge on any atom is -0.491 e. The monoisotopic (exact) mass is 473 g/mol. The normalized spacial score (nSPS) is 14.8. The van der Waals surface area contributed by atoms with Crippen LogP contribution in [0.25, 0.3) is 6.08 Å². The molecule has 0 unspecified atom stereocenters. The van der Waals surface area contributed by atoms with Gasteiger partial charge in [0, 0.05) is 7.05 Å². The summed E-state index contributed by atoms with van der Waals surface area (Å²) in [6.07, 6.45) is 1.81. The third kappa shape index (κ3) is 6.72. The van der Waals surface area contributed by atoms with E-state index in [0.717, 1.165) is 11.3 Å². The van der Waals surface area contributed by atoms with Gasteiger partial charge in [-0.25, -0.2) is 0 Å². The second-order valence-corrected chi connectivity index (χ2v) is 8.68. The Morgan fingerprint density at radius 1 is 0.969 bits per heavy atom. The molecule has 1 fully saturated rings. The average Bonchev–Trinajstić information content (AvgIpc) is 3.02. The molecule has 1 aliphatic rings. The van der Waals surface area contributed by atoms with Crippen LogP contribution < -0.4 is 14.2 Å². The zero-order chi connectivity index (χ0) is 22.9. The van der Waals surface area contributed by atoms with Gasteiger partial charge in [0.25, 0.3) is 5.91 Å². The fraction of sp³-hybridized carbons (Fsp3) is 0.333. The van der Waals surface area contributed by atoms with Crippen LogP contribution in [0.3, 0.4) is 0 Å². The van der Waals surface area contributed by atoms with E-state index in [1.54, 1.807) is 7.05 Å². The van der Waals surface area contributed by atoms with E-state index < -0.39 is 0 Å². The summed E-state index contributed by atoms with van der Waals surface area (Å²) in [5, 5.41) is 0. The van der Waals surface area contributed by atoms with Gasteiger partial charge in [-0.2, -0.15) is 0 Å². The Bertz CT molecular complexity index is 975. The van der Waals surface area contributed by atoms with Crippen molar-refractivity contribution < 1.29 is 23.7 Å². The molecule has 0 aromatic heterocycles. The quantitative estimate of drug-likeness (QED) is 0.266. The summed E-state index contributed by atoms with van der Waals surface area (Å²) in [4.78, 5) is 14.3. The molecule has 0 spiro atoms. The fourth-order valence-corrected chi connectivity index (χ4v) is 4.04. The standard InChI is InChI=1S/C24H27NO5S2/c1-4-28-21-15-18(16-22-23(26)25(3)24(31)32-22)7-10-20(21)30-14-12-27-11-13-29-19-8-5-17(2)6-9-19/h5-10,15-16H,4,11-14H2,1-3H3/b22-16+. The van der Waals surface area contributed by atoms with Crippen LogP contribution in [0.5, 0.6) is 17.2 Å². The van der Waals surface area contributed by atoms with Gasteiger partial charge >= 0.3 is 0 Å². The molecule has 2 aromatic carbocycles. The van der Waals surface area contributed by atoms with Crippen LogP contribution in [-0.4, -0.2) is 55.2 Å². The number of thiocarbonyl (C=S) groups is 1. The summed E-state index contributed by atoms with van der Waals surface area (Å²) in [6, 6.07) is 13.5. The molecule has 8 heteroatoms. The molecule has 170 valence electrons. The van der Waals surface area contributed by atoms with Crippen molar-refractivity contribution in [3.8, 4) is 17.2 Å². The van der Waals surface area contributed by atoms with Crippen molar-refractivity contribution in [1.29, 1.82) is 0 Å². The second kappa shape index (κ2) is 11.9. The number of amides is 1. The average molecular weight is 474 g/mol. The first kappa shape index (κ1) is 24.1. The van der Waals surface area contributed by atoms with Crippen molar-refractivity contribution in [3.05, 3.63) is 58.5 Å². The zero-order valence-electron chi connectivity index (χ0n) is 18.5. The first-order valence-corrected chi connectivity index (χ1v) is 11.6. The zero-order valence-corrected chi connectivity index (χ0v) is 20.1. The summed E-state index contributed by atoms with van der Waals surface area (Å²) >= 11 is 6.47. The first-order chi connectivity index (χ1) is 15.5. The molecule has 0 radical (unpaired) electrons. The maximum Gasteiger partial charge on any atom is 0.265 e. The van der Waals surface area contributed by atoms with E-state index in [1.807, 2.05) is 62.4 Å². The van der Waals surface area contributed by atoms with Gasteiger partial charge in [-0.1, -0.05) is 47.7 Å². The summed E-state index contributed by atoms with van der Waals surface area (Å²) in [5.74, 6) is 1.99. The number of ether oxygens (including phenoxy) is 4. The number of thioether (sulfide) groups is 1. The number of carbonyl (C=O) groups excluding carboxylic acids is 1. The third-order valence-corrected chi connectivity index (χ3v) is 6.04. The maximum absolute atomic E-state index is 12.2.